The number of rotatable bonds is 4. The first-order valence-electron chi connectivity index (χ1n) is 6.02. The van der Waals surface area contributed by atoms with Crippen LogP contribution in [0.5, 0.6) is 0 Å². The third-order valence-electron chi connectivity index (χ3n) is 2.80. The smallest absolute Gasteiger partial charge is 0.340 e. The summed E-state index contributed by atoms with van der Waals surface area (Å²) in [5.74, 6) is -1.57. The van der Waals surface area contributed by atoms with E-state index < -0.39 is 11.9 Å². The number of carbonyl (C=O) groups excluding carboxylic acids is 1. The second kappa shape index (κ2) is 6.28. The fraction of sp³-hybridized carbons (Fsp3) is 0.0667. The molecule has 0 bridgehead atoms. The van der Waals surface area contributed by atoms with E-state index in [0.717, 1.165) is 0 Å². The van der Waals surface area contributed by atoms with Gasteiger partial charge in [0.05, 0.1) is 11.1 Å². The molecule has 0 aliphatic rings. The fourth-order valence-corrected chi connectivity index (χ4v) is 1.87. The van der Waals surface area contributed by atoms with Crippen molar-refractivity contribution in [3.05, 3.63) is 64.2 Å². The minimum atomic E-state index is -1.01. The van der Waals surface area contributed by atoms with Crippen molar-refractivity contribution in [3.8, 4) is 0 Å². The van der Waals surface area contributed by atoms with Crippen molar-refractivity contribution in [2.75, 3.05) is 5.73 Å². The maximum absolute atomic E-state index is 11.9. The van der Waals surface area contributed by atoms with Crippen molar-refractivity contribution >= 4 is 29.2 Å². The maximum atomic E-state index is 11.9. The van der Waals surface area contributed by atoms with Gasteiger partial charge in [0.2, 0.25) is 0 Å². The van der Waals surface area contributed by atoms with Crippen LogP contribution in [0.25, 0.3) is 0 Å². The van der Waals surface area contributed by atoms with Crippen LogP contribution in [0.15, 0.2) is 42.5 Å². The number of esters is 1. The Bertz CT molecular complexity index is 683. The number of hydrogen-bond donors (Lipinski definition) is 2. The van der Waals surface area contributed by atoms with Crippen LogP contribution in [-0.2, 0) is 11.3 Å². The summed E-state index contributed by atoms with van der Waals surface area (Å²) in [4.78, 5) is 22.6. The second-order valence-electron chi connectivity index (χ2n) is 4.31. The molecule has 3 N–H and O–H groups in total. The molecule has 0 aliphatic heterocycles. The van der Waals surface area contributed by atoms with Crippen LogP contribution in [0.3, 0.4) is 0 Å². The van der Waals surface area contributed by atoms with Crippen LogP contribution in [-0.4, -0.2) is 17.0 Å². The van der Waals surface area contributed by atoms with E-state index in [-0.39, 0.29) is 23.4 Å². The van der Waals surface area contributed by atoms with Gasteiger partial charge in [-0.2, -0.15) is 0 Å². The van der Waals surface area contributed by atoms with E-state index in [4.69, 9.17) is 27.2 Å². The zero-order valence-corrected chi connectivity index (χ0v) is 11.6. The number of anilines is 1. The second-order valence-corrected chi connectivity index (χ2v) is 4.75. The van der Waals surface area contributed by atoms with E-state index in [9.17, 15) is 9.59 Å². The molecule has 0 saturated carbocycles. The summed E-state index contributed by atoms with van der Waals surface area (Å²) >= 11 is 5.75. The van der Waals surface area contributed by atoms with Gasteiger partial charge in [0, 0.05) is 10.7 Å². The van der Waals surface area contributed by atoms with Gasteiger partial charge in [-0.1, -0.05) is 23.7 Å². The Morgan fingerprint density at radius 2 is 1.81 bits per heavy atom. The van der Waals surface area contributed by atoms with E-state index in [1.165, 1.54) is 24.3 Å². The van der Waals surface area contributed by atoms with Gasteiger partial charge in [-0.25, -0.2) is 9.59 Å². The number of halogens is 1. The van der Waals surface area contributed by atoms with Crippen molar-refractivity contribution in [3.63, 3.8) is 0 Å². The molecule has 108 valence electrons. The molecule has 0 spiro atoms. The molecule has 2 rings (SSSR count). The van der Waals surface area contributed by atoms with Crippen LogP contribution >= 0.6 is 11.6 Å². The number of ether oxygens (including phenoxy) is 1. The highest BCUT2D eigenvalue weighted by Crippen LogP contribution is 2.19. The topological polar surface area (TPSA) is 89.6 Å². The summed E-state index contributed by atoms with van der Waals surface area (Å²) in [5.41, 5.74) is 7.03. The van der Waals surface area contributed by atoms with E-state index in [0.29, 0.717) is 10.6 Å². The first-order chi connectivity index (χ1) is 9.97. The quantitative estimate of drug-likeness (QED) is 0.669. The first-order valence-corrected chi connectivity index (χ1v) is 6.39. The van der Waals surface area contributed by atoms with Crippen LogP contribution in [0.2, 0.25) is 5.02 Å². The molecule has 0 saturated heterocycles. The van der Waals surface area contributed by atoms with Crippen LogP contribution in [0.4, 0.5) is 5.69 Å². The first kappa shape index (κ1) is 14.9. The Kier molecular flexibility index (Phi) is 4.45. The Balaban J connectivity index is 2.02. The predicted octanol–water partition coefficient (Wildman–Crippen LogP) is 2.98. The normalized spacial score (nSPS) is 10.1. The number of carboxylic acids is 1. The summed E-state index contributed by atoms with van der Waals surface area (Å²) in [6.07, 6.45) is 0. The van der Waals surface area contributed by atoms with Gasteiger partial charge in [-0.15, -0.1) is 0 Å². The summed E-state index contributed by atoms with van der Waals surface area (Å²) < 4.78 is 5.13. The average Bonchev–Trinajstić information content (AvgIpc) is 2.45. The molecule has 0 aliphatic carbocycles. The van der Waals surface area contributed by atoms with Gasteiger partial charge in [0.1, 0.15) is 6.61 Å². The lowest BCUT2D eigenvalue weighted by Gasteiger charge is -2.07. The van der Waals surface area contributed by atoms with Crippen molar-refractivity contribution < 1.29 is 19.4 Å². The lowest BCUT2D eigenvalue weighted by Crippen LogP contribution is -2.08. The molecule has 2 aromatic rings. The molecule has 2 aromatic carbocycles. The van der Waals surface area contributed by atoms with E-state index >= 15 is 0 Å². The summed E-state index contributed by atoms with van der Waals surface area (Å²) in [6.45, 7) is 0.0286. The van der Waals surface area contributed by atoms with E-state index in [1.807, 2.05) is 0 Å². The Morgan fingerprint density at radius 1 is 1.14 bits per heavy atom. The molecule has 0 amide bonds. The number of aromatic carboxylic acids is 1. The molecule has 21 heavy (non-hydrogen) atoms. The monoisotopic (exact) mass is 305 g/mol. The zero-order valence-electron chi connectivity index (χ0n) is 10.9. The fourth-order valence-electron chi connectivity index (χ4n) is 1.69. The van der Waals surface area contributed by atoms with E-state index in [1.54, 1.807) is 18.2 Å². The number of benzene rings is 2. The number of carboxylic acid groups (broad SMARTS) is 1. The largest absolute Gasteiger partial charge is 0.478 e. The van der Waals surface area contributed by atoms with Gasteiger partial charge < -0.3 is 15.6 Å². The molecular formula is C15H12ClNO4. The van der Waals surface area contributed by atoms with Gasteiger partial charge in [-0.3, -0.25) is 0 Å². The van der Waals surface area contributed by atoms with Crippen molar-refractivity contribution in [2.24, 2.45) is 0 Å². The van der Waals surface area contributed by atoms with Gasteiger partial charge in [0.15, 0.2) is 0 Å². The molecule has 0 atom stereocenters. The standard InChI is InChI=1S/C15H12ClNO4/c16-11-5-6-12(13(17)7-11)15(20)21-8-9-1-3-10(4-2-9)14(18)19/h1-7H,8,17H2,(H,18,19). The SMILES string of the molecule is Nc1cc(Cl)ccc1C(=O)OCc1ccc(C(=O)O)cc1. The molecule has 5 nitrogen and oxygen atoms in total. The predicted molar refractivity (Wildman–Crippen MR) is 78.4 cm³/mol. The van der Waals surface area contributed by atoms with E-state index in [2.05, 4.69) is 0 Å². The third-order valence-corrected chi connectivity index (χ3v) is 3.04. The summed E-state index contributed by atoms with van der Waals surface area (Å²) in [5, 5.41) is 9.22. The number of carbonyl (C=O) groups is 2. The highest BCUT2D eigenvalue weighted by Gasteiger charge is 2.12. The third kappa shape index (κ3) is 3.73. The Morgan fingerprint density at radius 3 is 2.38 bits per heavy atom. The summed E-state index contributed by atoms with van der Waals surface area (Å²) in [7, 11) is 0. The lowest BCUT2D eigenvalue weighted by atomic mass is 10.1. The highest BCUT2D eigenvalue weighted by molar-refractivity contribution is 6.31. The highest BCUT2D eigenvalue weighted by atomic mass is 35.5. The number of hydrogen-bond acceptors (Lipinski definition) is 4. The minimum absolute atomic E-state index is 0.0286. The number of nitrogen functional groups attached to an aromatic ring is 1. The Hall–Kier alpha value is -2.53. The zero-order chi connectivity index (χ0) is 15.4. The minimum Gasteiger partial charge on any atom is -0.478 e. The lowest BCUT2D eigenvalue weighted by molar-refractivity contribution is 0.0473. The van der Waals surface area contributed by atoms with Crippen molar-refractivity contribution in [1.82, 2.24) is 0 Å². The molecule has 0 aromatic heterocycles. The Labute approximate surface area is 125 Å². The van der Waals surface area contributed by atoms with Crippen molar-refractivity contribution in [2.45, 2.75) is 6.61 Å². The van der Waals surface area contributed by atoms with Crippen LogP contribution in [0, 0.1) is 0 Å². The van der Waals surface area contributed by atoms with Crippen LogP contribution in [0.1, 0.15) is 26.3 Å². The summed E-state index contributed by atoms with van der Waals surface area (Å²) in [6, 6.07) is 10.6. The molecule has 0 heterocycles. The molecule has 0 unspecified atom stereocenters. The van der Waals surface area contributed by atoms with Gasteiger partial charge in [-0.05, 0) is 35.9 Å². The number of nitrogens with two attached hydrogens (primary N) is 1. The maximum Gasteiger partial charge on any atom is 0.340 e. The van der Waals surface area contributed by atoms with Gasteiger partial charge in [0.25, 0.3) is 0 Å². The molecule has 0 fully saturated rings. The van der Waals surface area contributed by atoms with Gasteiger partial charge >= 0.3 is 11.9 Å². The molecule has 6 heteroatoms. The average molecular weight is 306 g/mol. The molecular weight excluding hydrogens is 294 g/mol. The van der Waals surface area contributed by atoms with Crippen LogP contribution < -0.4 is 5.73 Å². The van der Waals surface area contributed by atoms with Crippen molar-refractivity contribution in [1.29, 1.82) is 0 Å². The molecule has 0 radical (unpaired) electrons.